The zero-order valence-corrected chi connectivity index (χ0v) is 26.9. The summed E-state index contributed by atoms with van der Waals surface area (Å²) in [5.41, 5.74) is -0.113. The van der Waals surface area contributed by atoms with Gasteiger partial charge in [0.2, 0.25) is 23.6 Å². The summed E-state index contributed by atoms with van der Waals surface area (Å²) in [6, 6.07) is 5.37. The van der Waals surface area contributed by atoms with E-state index >= 15 is 0 Å². The quantitative estimate of drug-likeness (QED) is 0.314. The van der Waals surface area contributed by atoms with Crippen LogP contribution in [0, 0.1) is 5.92 Å². The number of hydrogen-bond donors (Lipinski definition) is 5. The molecule has 1 aromatic carbocycles. The number of benzene rings is 1. The summed E-state index contributed by atoms with van der Waals surface area (Å²) < 4.78 is 10.8. The highest BCUT2D eigenvalue weighted by Gasteiger charge is 2.45. The van der Waals surface area contributed by atoms with Crippen LogP contribution in [0.2, 0.25) is 0 Å². The first kappa shape index (κ1) is 34.4. The Morgan fingerprint density at radius 3 is 2.28 bits per heavy atom. The van der Waals surface area contributed by atoms with Gasteiger partial charge in [-0.1, -0.05) is 44.0 Å². The number of rotatable bonds is 5. The zero-order chi connectivity index (χ0) is 33.6. The fourth-order valence-electron chi connectivity index (χ4n) is 5.98. The first-order valence-electron chi connectivity index (χ1n) is 15.6. The first-order valence-corrected chi connectivity index (χ1v) is 15.6. The number of aliphatic hydroxyl groups excluding tert-OH is 1. The Morgan fingerprint density at radius 2 is 1.67 bits per heavy atom. The van der Waals surface area contributed by atoms with E-state index in [9.17, 15) is 29.1 Å². The van der Waals surface area contributed by atoms with Crippen LogP contribution >= 0.6 is 0 Å². The lowest BCUT2D eigenvalue weighted by Crippen LogP contribution is -2.59. The van der Waals surface area contributed by atoms with Gasteiger partial charge in [-0.05, 0) is 50.3 Å². The van der Waals surface area contributed by atoms with Crippen molar-refractivity contribution in [3.05, 3.63) is 47.3 Å². The number of fused-ring (bicyclic) bond motifs is 2. The van der Waals surface area contributed by atoms with Crippen molar-refractivity contribution >= 4 is 29.5 Å². The van der Waals surface area contributed by atoms with Gasteiger partial charge in [0.15, 0.2) is 11.5 Å². The van der Waals surface area contributed by atoms with E-state index in [0.717, 1.165) is 18.4 Å². The Labute approximate surface area is 268 Å². The van der Waals surface area contributed by atoms with Gasteiger partial charge in [0.1, 0.15) is 23.9 Å². The van der Waals surface area contributed by atoms with Crippen LogP contribution in [0.3, 0.4) is 0 Å². The molecule has 1 aliphatic carbocycles. The Morgan fingerprint density at radius 1 is 1.00 bits per heavy atom. The molecule has 1 saturated carbocycles. The number of methoxy groups -OCH3 is 1. The third kappa shape index (κ3) is 7.66. The molecule has 2 aromatic rings. The van der Waals surface area contributed by atoms with Gasteiger partial charge in [-0.2, -0.15) is 0 Å². The summed E-state index contributed by atoms with van der Waals surface area (Å²) >= 11 is 0. The van der Waals surface area contributed by atoms with Crippen LogP contribution in [0.15, 0.2) is 34.9 Å². The lowest BCUT2D eigenvalue weighted by molar-refractivity contribution is -0.138. The van der Waals surface area contributed by atoms with Gasteiger partial charge < -0.3 is 40.5 Å². The third-order valence-electron chi connectivity index (χ3n) is 8.67. The lowest BCUT2D eigenvalue weighted by atomic mass is 9.77. The van der Waals surface area contributed by atoms with E-state index in [4.69, 9.17) is 9.26 Å². The molecule has 0 saturated heterocycles. The van der Waals surface area contributed by atoms with E-state index in [0.29, 0.717) is 18.6 Å². The number of amides is 5. The molecule has 1 aliphatic heterocycles. The Kier molecular flexibility index (Phi) is 11.0. The minimum atomic E-state index is -1.42. The van der Waals surface area contributed by atoms with Gasteiger partial charge in [-0.3, -0.25) is 24.0 Å². The number of nitrogens with one attached hydrogen (secondary N) is 4. The predicted octanol–water partition coefficient (Wildman–Crippen LogP) is 0.778. The molecule has 4 atom stereocenters. The van der Waals surface area contributed by atoms with Crippen LogP contribution in [-0.2, 0) is 31.1 Å². The van der Waals surface area contributed by atoms with Crippen LogP contribution in [0.5, 0.6) is 5.75 Å². The van der Waals surface area contributed by atoms with E-state index < -0.39 is 53.3 Å². The van der Waals surface area contributed by atoms with Crippen molar-refractivity contribution in [1.29, 1.82) is 0 Å². The highest BCUT2D eigenvalue weighted by molar-refractivity contribution is 5.98. The van der Waals surface area contributed by atoms with Gasteiger partial charge in [0.25, 0.3) is 5.91 Å². The van der Waals surface area contributed by atoms with Crippen molar-refractivity contribution < 1.29 is 38.3 Å². The second-order valence-corrected chi connectivity index (χ2v) is 12.4. The van der Waals surface area contributed by atoms with Crippen LogP contribution in [0.25, 0.3) is 0 Å². The van der Waals surface area contributed by atoms with E-state index in [1.54, 1.807) is 25.9 Å². The molecule has 5 amide bonds. The molecule has 250 valence electrons. The number of aliphatic hydroxyl groups is 1. The van der Waals surface area contributed by atoms with Gasteiger partial charge in [0, 0.05) is 19.2 Å². The second-order valence-electron chi connectivity index (χ2n) is 12.4. The molecular weight excluding hydrogens is 596 g/mol. The summed E-state index contributed by atoms with van der Waals surface area (Å²) in [5.74, 6) is -2.24. The maximum absolute atomic E-state index is 14.5. The average Bonchev–Trinajstić information content (AvgIpc) is 3.71. The largest absolute Gasteiger partial charge is 0.497 e. The third-order valence-corrected chi connectivity index (χ3v) is 8.67. The molecule has 2 heterocycles. The standard InChI is InChI=1S/C32H44N6O8/c1-18(2)25-29(42)33-14-15-38(31(44)32(12-6-7-13-32)21-8-10-22(45-5)11-9-21)17-23-16-24(37-46-23)28(41)36-26(20(4)39)30(43)34-19(3)27(40)35-25/h8-11,16,18-20,25-26,39H,6-7,12-15,17H2,1-5H3,(H,33,42)(H,34,43)(H,35,40)(H,36,41)/t19-,20+,25-,26-/m0/s1. The minimum Gasteiger partial charge on any atom is -0.497 e. The molecule has 5 N–H and O–H groups in total. The highest BCUT2D eigenvalue weighted by atomic mass is 16.5. The summed E-state index contributed by atoms with van der Waals surface area (Å²) in [6.45, 7) is 6.43. The number of ether oxygens (including phenoxy) is 1. The Hall–Kier alpha value is -4.46. The van der Waals surface area contributed by atoms with Crippen molar-refractivity contribution in [2.24, 2.45) is 5.92 Å². The lowest BCUT2D eigenvalue weighted by Gasteiger charge is -2.35. The minimum absolute atomic E-state index is 0.0466. The molecule has 46 heavy (non-hydrogen) atoms. The van der Waals surface area contributed by atoms with Crippen LogP contribution in [0.1, 0.15) is 75.2 Å². The van der Waals surface area contributed by atoms with Gasteiger partial charge in [0.05, 0.1) is 25.2 Å². The maximum Gasteiger partial charge on any atom is 0.274 e. The molecular formula is C32H44N6O8. The molecule has 0 spiro atoms. The van der Waals surface area contributed by atoms with Gasteiger partial charge in [-0.25, -0.2) is 0 Å². The summed E-state index contributed by atoms with van der Waals surface area (Å²) in [4.78, 5) is 68.4. The fourth-order valence-corrected chi connectivity index (χ4v) is 5.98. The van der Waals surface area contributed by atoms with E-state index in [-0.39, 0.29) is 42.9 Å². The number of carbonyl (C=O) groups excluding carboxylic acids is 5. The van der Waals surface area contributed by atoms with Gasteiger partial charge >= 0.3 is 0 Å². The predicted molar refractivity (Wildman–Crippen MR) is 165 cm³/mol. The van der Waals surface area contributed by atoms with Crippen molar-refractivity contribution in [2.75, 3.05) is 20.2 Å². The van der Waals surface area contributed by atoms with Crippen molar-refractivity contribution in [3.8, 4) is 5.75 Å². The first-order chi connectivity index (χ1) is 21.9. The van der Waals surface area contributed by atoms with E-state index in [1.165, 1.54) is 19.9 Å². The zero-order valence-electron chi connectivity index (χ0n) is 26.9. The monoisotopic (exact) mass is 640 g/mol. The maximum atomic E-state index is 14.5. The van der Waals surface area contributed by atoms with E-state index in [2.05, 4.69) is 26.4 Å². The number of nitrogens with zero attached hydrogens (tertiary/aromatic N) is 2. The molecule has 4 rings (SSSR count). The topological polar surface area (TPSA) is 192 Å². The van der Waals surface area contributed by atoms with Crippen LogP contribution in [-0.4, -0.2) is 89.1 Å². The molecule has 0 unspecified atom stereocenters. The SMILES string of the molecule is COc1ccc(C2(C(=O)N3CCNC(=O)[C@H](C(C)C)NC(=O)[C@H](C)NC(=O)[C@H]([C@@H](C)O)NC(=O)c4cc(on4)C3)CCCC2)cc1. The number of aromatic nitrogens is 1. The van der Waals surface area contributed by atoms with E-state index in [1.807, 2.05) is 24.3 Å². The van der Waals surface area contributed by atoms with Crippen molar-refractivity contribution in [1.82, 2.24) is 31.3 Å². The Bertz CT molecular complexity index is 1420. The van der Waals surface area contributed by atoms with Crippen molar-refractivity contribution in [2.45, 2.75) is 89.6 Å². The highest BCUT2D eigenvalue weighted by Crippen LogP contribution is 2.43. The number of carbonyl (C=O) groups is 5. The summed E-state index contributed by atoms with van der Waals surface area (Å²) in [7, 11) is 1.58. The van der Waals surface area contributed by atoms with Crippen LogP contribution in [0.4, 0.5) is 0 Å². The molecule has 14 nitrogen and oxygen atoms in total. The summed E-state index contributed by atoms with van der Waals surface area (Å²) in [6.07, 6.45) is 1.67. The molecule has 0 radical (unpaired) electrons. The van der Waals surface area contributed by atoms with Crippen molar-refractivity contribution in [3.63, 3.8) is 0 Å². The molecule has 2 bridgehead atoms. The fraction of sp³-hybridized carbons (Fsp3) is 0.562. The Balaban J connectivity index is 1.69. The molecule has 2 aliphatic rings. The van der Waals surface area contributed by atoms with Crippen LogP contribution < -0.4 is 26.0 Å². The smallest absolute Gasteiger partial charge is 0.274 e. The molecule has 14 heteroatoms. The number of hydrogen-bond acceptors (Lipinski definition) is 9. The second kappa shape index (κ2) is 14.8. The molecule has 1 fully saturated rings. The normalized spacial score (nSPS) is 23.8. The summed E-state index contributed by atoms with van der Waals surface area (Å²) in [5, 5.41) is 24.6. The molecule has 1 aromatic heterocycles. The average molecular weight is 641 g/mol. The van der Waals surface area contributed by atoms with Gasteiger partial charge in [-0.15, -0.1) is 0 Å².